The second kappa shape index (κ2) is 7.56. The van der Waals surface area contributed by atoms with Gasteiger partial charge in [0.25, 0.3) is 0 Å². The van der Waals surface area contributed by atoms with Crippen LogP contribution in [0.4, 0.5) is 15.3 Å². The smallest absolute Gasteiger partial charge is 0.330 e. The third-order valence-corrected chi connectivity index (χ3v) is 3.47. The van der Waals surface area contributed by atoms with E-state index in [-0.39, 0.29) is 12.6 Å². The summed E-state index contributed by atoms with van der Waals surface area (Å²) >= 11 is 0. The van der Waals surface area contributed by atoms with Crippen LogP contribution < -0.4 is 15.5 Å². The van der Waals surface area contributed by atoms with Crippen LogP contribution in [-0.4, -0.2) is 55.5 Å². The van der Waals surface area contributed by atoms with E-state index < -0.39 is 12.1 Å². The van der Waals surface area contributed by atoms with Crippen molar-refractivity contribution in [2.45, 2.75) is 13.0 Å². The van der Waals surface area contributed by atoms with E-state index in [1.165, 1.54) is 0 Å². The number of rotatable bonds is 3. The summed E-state index contributed by atoms with van der Waals surface area (Å²) in [5, 5.41) is 5.56. The number of anilines is 1. The summed E-state index contributed by atoms with van der Waals surface area (Å²) in [6.45, 7) is 3.55. The summed E-state index contributed by atoms with van der Waals surface area (Å²) < 4.78 is 0. The molecule has 1 radical (unpaired) electrons. The number of nitrogens with one attached hydrogen (secondary N) is 2. The van der Waals surface area contributed by atoms with Gasteiger partial charge in [-0.3, -0.25) is 4.79 Å². The largest absolute Gasteiger partial charge is 0.333 e. The molecule has 1 fully saturated rings. The van der Waals surface area contributed by atoms with Crippen molar-refractivity contribution in [3.8, 4) is 0 Å². The first-order valence-electron chi connectivity index (χ1n) is 7.14. The van der Waals surface area contributed by atoms with E-state index in [4.69, 9.17) is 0 Å². The molecule has 2 N–H and O–H groups in total. The molecule has 22 heavy (non-hydrogen) atoms. The summed E-state index contributed by atoms with van der Waals surface area (Å²) in [6.07, 6.45) is 1.59. The van der Waals surface area contributed by atoms with E-state index >= 15 is 0 Å². The molecule has 2 rings (SSSR count). The fraction of sp³-hybridized carbons (Fsp3) is 0.400. The Bertz CT molecular complexity index is 535. The Labute approximate surface area is 129 Å². The number of piperazine rings is 1. The van der Waals surface area contributed by atoms with E-state index in [0.717, 1.165) is 4.90 Å². The molecule has 1 unspecified atom stereocenters. The quantitative estimate of drug-likeness (QED) is 0.862. The van der Waals surface area contributed by atoms with E-state index in [0.29, 0.717) is 25.3 Å². The van der Waals surface area contributed by atoms with Gasteiger partial charge in [-0.2, -0.15) is 0 Å². The lowest BCUT2D eigenvalue weighted by atomic mass is 10.2. The molecule has 1 aromatic rings. The summed E-state index contributed by atoms with van der Waals surface area (Å²) in [5.74, 6) is 0. The average molecular weight is 303 g/mol. The first-order chi connectivity index (χ1) is 10.6. The van der Waals surface area contributed by atoms with Gasteiger partial charge < -0.3 is 15.5 Å². The average Bonchev–Trinajstić information content (AvgIpc) is 2.54. The molecule has 4 amide bonds. The van der Waals surface area contributed by atoms with Crippen molar-refractivity contribution >= 4 is 24.0 Å². The Morgan fingerprint density at radius 3 is 2.77 bits per heavy atom. The molecule has 1 aliphatic heterocycles. The number of hydrogen-bond acceptors (Lipinski definition) is 4. The third-order valence-electron chi connectivity index (χ3n) is 3.47. The van der Waals surface area contributed by atoms with Gasteiger partial charge in [-0.1, -0.05) is 18.2 Å². The van der Waals surface area contributed by atoms with Gasteiger partial charge >= 0.3 is 12.1 Å². The van der Waals surface area contributed by atoms with Crippen LogP contribution in [0.25, 0.3) is 0 Å². The molecule has 117 valence electrons. The van der Waals surface area contributed by atoms with Crippen LogP contribution in [0.15, 0.2) is 30.3 Å². The second-order valence-electron chi connectivity index (χ2n) is 5.00. The molecule has 7 heteroatoms. The topological polar surface area (TPSA) is 81.8 Å². The van der Waals surface area contributed by atoms with Gasteiger partial charge in [0, 0.05) is 25.7 Å². The van der Waals surface area contributed by atoms with Crippen molar-refractivity contribution in [1.29, 1.82) is 0 Å². The molecule has 1 atom stereocenters. The molecule has 0 aromatic heterocycles. The van der Waals surface area contributed by atoms with E-state index in [9.17, 15) is 14.4 Å². The zero-order valence-corrected chi connectivity index (χ0v) is 12.4. The van der Waals surface area contributed by atoms with Crippen molar-refractivity contribution in [2.24, 2.45) is 0 Å². The summed E-state index contributed by atoms with van der Waals surface area (Å²) in [6, 6.07) is 7.60. The summed E-state index contributed by atoms with van der Waals surface area (Å²) in [4.78, 5) is 38.1. The van der Waals surface area contributed by atoms with Crippen LogP contribution in [0.5, 0.6) is 0 Å². The molecular weight excluding hydrogens is 284 g/mol. The number of hydrogen-bond donors (Lipinski definition) is 2. The van der Waals surface area contributed by atoms with Crippen LogP contribution in [0.2, 0.25) is 0 Å². The molecule has 1 saturated heterocycles. The summed E-state index contributed by atoms with van der Waals surface area (Å²) in [5.41, 5.74) is 0.460. The highest BCUT2D eigenvalue weighted by molar-refractivity contribution is 6.13. The first kappa shape index (κ1) is 16.0. The van der Waals surface area contributed by atoms with Crippen LogP contribution in [0, 0.1) is 0 Å². The first-order valence-corrected chi connectivity index (χ1v) is 7.14. The lowest BCUT2D eigenvalue weighted by molar-refractivity contribution is 0.170. The number of imide groups is 1. The van der Waals surface area contributed by atoms with Crippen molar-refractivity contribution < 1.29 is 14.4 Å². The molecule has 0 saturated carbocycles. The number of benzene rings is 1. The number of para-hydroxylation sites is 1. The van der Waals surface area contributed by atoms with Crippen molar-refractivity contribution in [3.63, 3.8) is 0 Å². The Balaban J connectivity index is 2.25. The van der Waals surface area contributed by atoms with Crippen LogP contribution in [-0.2, 0) is 4.79 Å². The SMILES string of the molecule is CC1CNCCN1C(=O)N(C(=O)NC[C]=O)c1ccccc1. The normalized spacial score (nSPS) is 17.7. The number of nitrogens with zero attached hydrogens (tertiary/aromatic N) is 2. The predicted octanol–water partition coefficient (Wildman–Crippen LogP) is 0.726. The number of urea groups is 2. The predicted molar refractivity (Wildman–Crippen MR) is 82.4 cm³/mol. The maximum Gasteiger partial charge on any atom is 0.333 e. The van der Waals surface area contributed by atoms with Crippen molar-refractivity contribution in [2.75, 3.05) is 31.1 Å². The lowest BCUT2D eigenvalue weighted by Crippen LogP contribution is -2.58. The van der Waals surface area contributed by atoms with Gasteiger partial charge in [0.05, 0.1) is 12.2 Å². The number of carbonyl (C=O) groups excluding carboxylic acids is 3. The van der Waals surface area contributed by atoms with E-state index in [1.54, 1.807) is 41.5 Å². The maximum absolute atomic E-state index is 12.8. The Hall–Kier alpha value is -2.41. The van der Waals surface area contributed by atoms with Crippen LogP contribution in [0.1, 0.15) is 6.92 Å². The van der Waals surface area contributed by atoms with Gasteiger partial charge in [0.2, 0.25) is 6.29 Å². The highest BCUT2D eigenvalue weighted by atomic mass is 16.2. The third kappa shape index (κ3) is 3.62. The van der Waals surface area contributed by atoms with Gasteiger partial charge in [-0.15, -0.1) is 0 Å². The number of amides is 4. The molecule has 0 spiro atoms. The number of carbonyl (C=O) groups is 2. The van der Waals surface area contributed by atoms with Gasteiger partial charge in [0.15, 0.2) is 0 Å². The maximum atomic E-state index is 12.8. The van der Waals surface area contributed by atoms with Crippen molar-refractivity contribution in [1.82, 2.24) is 15.5 Å². The molecular formula is C15H19N4O3. The van der Waals surface area contributed by atoms with Gasteiger partial charge in [-0.25, -0.2) is 14.5 Å². The van der Waals surface area contributed by atoms with E-state index in [2.05, 4.69) is 10.6 Å². The Kier molecular flexibility index (Phi) is 5.48. The van der Waals surface area contributed by atoms with Gasteiger partial charge in [-0.05, 0) is 19.1 Å². The minimum absolute atomic E-state index is 0.0158. The van der Waals surface area contributed by atoms with Crippen molar-refractivity contribution in [3.05, 3.63) is 30.3 Å². The molecule has 1 aromatic carbocycles. The second-order valence-corrected chi connectivity index (χ2v) is 5.00. The lowest BCUT2D eigenvalue weighted by Gasteiger charge is -2.36. The fourth-order valence-electron chi connectivity index (χ4n) is 2.34. The molecule has 1 heterocycles. The fourth-order valence-corrected chi connectivity index (χ4v) is 2.34. The standard InChI is InChI=1S/C15H19N4O3/c1-12-11-16-7-9-18(12)15(22)19(14(21)17-8-10-20)13-5-3-2-4-6-13/h2-6,12,16H,7-9,11H2,1H3,(H,17,21). The molecule has 7 nitrogen and oxygen atoms in total. The molecule has 1 aliphatic rings. The Morgan fingerprint density at radius 2 is 2.14 bits per heavy atom. The zero-order valence-electron chi connectivity index (χ0n) is 12.4. The minimum Gasteiger partial charge on any atom is -0.330 e. The Morgan fingerprint density at radius 1 is 1.41 bits per heavy atom. The van der Waals surface area contributed by atoms with Crippen LogP contribution >= 0.6 is 0 Å². The molecule has 0 aliphatic carbocycles. The van der Waals surface area contributed by atoms with Crippen LogP contribution in [0.3, 0.4) is 0 Å². The monoisotopic (exact) mass is 303 g/mol. The zero-order chi connectivity index (χ0) is 15.9. The molecule has 0 bridgehead atoms. The minimum atomic E-state index is -0.634. The van der Waals surface area contributed by atoms with Gasteiger partial charge in [0.1, 0.15) is 0 Å². The highest BCUT2D eigenvalue weighted by Crippen LogP contribution is 2.17. The summed E-state index contributed by atoms with van der Waals surface area (Å²) in [7, 11) is 0. The highest BCUT2D eigenvalue weighted by Gasteiger charge is 2.31. The van der Waals surface area contributed by atoms with E-state index in [1.807, 2.05) is 6.92 Å².